The van der Waals surface area contributed by atoms with Gasteiger partial charge in [-0.1, -0.05) is 36.4 Å². The average Bonchev–Trinajstić information content (AvgIpc) is 3.74. The van der Waals surface area contributed by atoms with Crippen LogP contribution in [0.3, 0.4) is 0 Å². The van der Waals surface area contributed by atoms with E-state index < -0.39 is 0 Å². The van der Waals surface area contributed by atoms with Crippen LogP contribution in [0.15, 0.2) is 72.1 Å². The van der Waals surface area contributed by atoms with Crippen molar-refractivity contribution in [3.05, 3.63) is 95.3 Å². The number of carbonyl (C=O) groups excluding carboxylic acids is 1. The van der Waals surface area contributed by atoms with E-state index in [4.69, 9.17) is 15.7 Å². The van der Waals surface area contributed by atoms with E-state index in [-0.39, 0.29) is 17.7 Å². The fourth-order valence-corrected chi connectivity index (χ4v) is 5.42. The largest absolute Gasteiger partial charge is 0.404 e. The number of halogens is 1. The highest BCUT2D eigenvalue weighted by molar-refractivity contribution is 9.15. The Morgan fingerprint density at radius 2 is 2.08 bits per heavy atom. The molecule has 8 heteroatoms. The van der Waals surface area contributed by atoms with E-state index in [1.165, 1.54) is 11.8 Å². The van der Waals surface area contributed by atoms with Crippen LogP contribution in [0.5, 0.6) is 0 Å². The second-order valence-corrected chi connectivity index (χ2v) is 10.5. The molecular weight excluding hydrogens is 516 g/mol. The lowest BCUT2D eigenvalue weighted by atomic mass is 9.94. The summed E-state index contributed by atoms with van der Waals surface area (Å²) in [5.41, 5.74) is 9.89. The fourth-order valence-electron chi connectivity index (χ4n) is 5.07. The molecule has 2 aromatic heterocycles. The Hall–Kier alpha value is -3.26. The number of rotatable bonds is 6. The summed E-state index contributed by atoms with van der Waals surface area (Å²) in [5.74, 6) is 1.60. The molecule has 7 nitrogen and oxygen atoms in total. The van der Waals surface area contributed by atoms with Crippen LogP contribution in [-0.4, -0.2) is 38.4 Å². The molecule has 36 heavy (non-hydrogen) atoms. The first kappa shape index (κ1) is 24.4. The van der Waals surface area contributed by atoms with Crippen LogP contribution in [0.1, 0.15) is 53.7 Å². The number of benzene rings is 1. The molecule has 1 saturated heterocycles. The quantitative estimate of drug-likeness (QED) is 0.504. The third kappa shape index (κ3) is 5.28. The minimum Gasteiger partial charge on any atom is -0.404 e. The van der Waals surface area contributed by atoms with Gasteiger partial charge in [0.05, 0.1) is 16.7 Å². The summed E-state index contributed by atoms with van der Waals surface area (Å²) in [6.45, 7) is 2.01. The van der Waals surface area contributed by atoms with E-state index in [2.05, 4.69) is 56.1 Å². The monoisotopic (exact) mass is 546 g/mol. The first-order valence-corrected chi connectivity index (χ1v) is 13.2. The van der Waals surface area contributed by atoms with Gasteiger partial charge in [0, 0.05) is 56.6 Å². The maximum absolute atomic E-state index is 13.4. The lowest BCUT2D eigenvalue weighted by Crippen LogP contribution is -2.41. The summed E-state index contributed by atoms with van der Waals surface area (Å²) >= 11 is 3.55. The summed E-state index contributed by atoms with van der Waals surface area (Å²) in [4.78, 5) is 29.4. The Labute approximate surface area is 219 Å². The maximum atomic E-state index is 13.4. The zero-order valence-electron chi connectivity index (χ0n) is 20.4. The molecule has 1 aliphatic heterocycles. The SMILES string of the molecule is Cn1c(C(Br)=CN)nc(C2CCCN(C(=O)[C@@H]3C[C@H]3c3ccccc3)C2)cc1=NCc1cccnc1. The molecular formula is C28H31BrN6O. The standard InChI is InChI=1S/C28H31BrN6O/c1-34-26(32-17-19-7-5-11-31-16-19)14-25(33-27(34)24(29)15-30)21-10-6-12-35(18-21)28(36)23-13-22(23)20-8-3-2-4-9-20/h2-5,7-9,11,14-16,21-23H,6,10,12-13,17-18,30H2,1H3/t21?,22-,23+/m0/s1. The molecule has 1 aromatic carbocycles. The van der Waals surface area contributed by atoms with Gasteiger partial charge in [-0.25, -0.2) is 4.98 Å². The Morgan fingerprint density at radius 3 is 2.83 bits per heavy atom. The summed E-state index contributed by atoms with van der Waals surface area (Å²) in [6.07, 6.45) is 7.99. The summed E-state index contributed by atoms with van der Waals surface area (Å²) in [5, 5.41) is 0. The normalized spacial score (nSPS) is 22.5. The number of nitrogens with two attached hydrogens (primary N) is 1. The van der Waals surface area contributed by atoms with Gasteiger partial charge in [-0.3, -0.25) is 14.8 Å². The molecule has 1 saturated carbocycles. The zero-order valence-corrected chi connectivity index (χ0v) is 22.0. The Balaban J connectivity index is 1.38. The molecule has 2 N–H and O–H groups in total. The van der Waals surface area contributed by atoms with E-state index in [0.717, 1.165) is 48.4 Å². The molecule has 5 rings (SSSR count). The molecule has 2 fully saturated rings. The minimum absolute atomic E-state index is 0.0996. The molecule has 3 aromatic rings. The van der Waals surface area contributed by atoms with Gasteiger partial charge in [-0.2, -0.15) is 0 Å². The van der Waals surface area contributed by atoms with Crippen molar-refractivity contribution >= 4 is 26.3 Å². The number of pyridine rings is 1. The topological polar surface area (TPSA) is 89.4 Å². The third-order valence-corrected chi connectivity index (χ3v) is 7.79. The van der Waals surface area contributed by atoms with Crippen molar-refractivity contribution in [2.45, 2.75) is 37.6 Å². The van der Waals surface area contributed by atoms with Crippen LogP contribution in [0.4, 0.5) is 0 Å². The van der Waals surface area contributed by atoms with Gasteiger partial charge in [0.15, 0.2) is 0 Å². The second kappa shape index (κ2) is 10.8. The number of amides is 1. The first-order valence-electron chi connectivity index (χ1n) is 12.4. The Bertz CT molecular complexity index is 1320. The number of nitrogens with zero attached hydrogens (tertiary/aromatic N) is 5. The molecule has 1 amide bonds. The lowest BCUT2D eigenvalue weighted by molar-refractivity contribution is -0.133. The van der Waals surface area contributed by atoms with Crippen molar-refractivity contribution in [3.63, 3.8) is 0 Å². The van der Waals surface area contributed by atoms with Crippen molar-refractivity contribution in [1.29, 1.82) is 0 Å². The highest BCUT2D eigenvalue weighted by Crippen LogP contribution is 2.48. The van der Waals surface area contributed by atoms with Crippen LogP contribution in [0, 0.1) is 5.92 Å². The average molecular weight is 548 g/mol. The van der Waals surface area contributed by atoms with Crippen LogP contribution in [0.25, 0.3) is 4.48 Å². The summed E-state index contributed by atoms with van der Waals surface area (Å²) in [6, 6.07) is 16.4. The lowest BCUT2D eigenvalue weighted by Gasteiger charge is -2.33. The molecule has 1 aliphatic carbocycles. The molecule has 0 radical (unpaired) electrons. The maximum Gasteiger partial charge on any atom is 0.226 e. The molecule has 3 atom stereocenters. The molecule has 0 bridgehead atoms. The van der Waals surface area contributed by atoms with Crippen molar-refractivity contribution in [1.82, 2.24) is 19.4 Å². The second-order valence-electron chi connectivity index (χ2n) is 9.60. The molecule has 1 unspecified atom stereocenters. The first-order chi connectivity index (χ1) is 17.5. The molecule has 2 aliphatic rings. The van der Waals surface area contributed by atoms with Gasteiger partial charge < -0.3 is 15.2 Å². The smallest absolute Gasteiger partial charge is 0.226 e. The number of aromatic nitrogens is 3. The third-order valence-electron chi connectivity index (χ3n) is 7.17. The molecule has 0 spiro atoms. The van der Waals surface area contributed by atoms with Gasteiger partial charge in [0.1, 0.15) is 11.3 Å². The van der Waals surface area contributed by atoms with Gasteiger partial charge in [-0.05, 0) is 58.3 Å². The number of hydrogen-bond donors (Lipinski definition) is 1. The van der Waals surface area contributed by atoms with E-state index in [9.17, 15) is 4.79 Å². The summed E-state index contributed by atoms with van der Waals surface area (Å²) < 4.78 is 2.64. The fraction of sp³-hybridized carbons (Fsp3) is 0.357. The Kier molecular flexibility index (Phi) is 7.32. The number of carbonyl (C=O) groups is 1. The van der Waals surface area contributed by atoms with Crippen molar-refractivity contribution < 1.29 is 4.79 Å². The van der Waals surface area contributed by atoms with Crippen molar-refractivity contribution in [2.24, 2.45) is 23.7 Å². The number of piperidine rings is 1. The van der Waals surface area contributed by atoms with Crippen LogP contribution >= 0.6 is 15.9 Å². The highest BCUT2D eigenvalue weighted by atomic mass is 79.9. The van der Waals surface area contributed by atoms with E-state index in [1.54, 1.807) is 6.20 Å². The minimum atomic E-state index is 0.0996. The Morgan fingerprint density at radius 1 is 1.25 bits per heavy atom. The zero-order chi connectivity index (χ0) is 25.1. The predicted molar refractivity (Wildman–Crippen MR) is 144 cm³/mol. The van der Waals surface area contributed by atoms with Crippen molar-refractivity contribution in [3.8, 4) is 0 Å². The van der Waals surface area contributed by atoms with Crippen LogP contribution in [0.2, 0.25) is 0 Å². The van der Waals surface area contributed by atoms with Crippen molar-refractivity contribution in [2.75, 3.05) is 13.1 Å². The van der Waals surface area contributed by atoms with Gasteiger partial charge >= 0.3 is 0 Å². The van der Waals surface area contributed by atoms with Gasteiger partial charge in [0.25, 0.3) is 0 Å². The van der Waals surface area contributed by atoms with Crippen LogP contribution in [-0.2, 0) is 18.4 Å². The molecule has 186 valence electrons. The predicted octanol–water partition coefficient (Wildman–Crippen LogP) is 4.08. The van der Waals surface area contributed by atoms with E-state index >= 15 is 0 Å². The van der Waals surface area contributed by atoms with E-state index in [0.29, 0.717) is 23.5 Å². The molecule has 3 heterocycles. The van der Waals surface area contributed by atoms with E-state index in [1.807, 2.05) is 36.0 Å². The highest BCUT2D eigenvalue weighted by Gasteiger charge is 2.46. The summed E-state index contributed by atoms with van der Waals surface area (Å²) in [7, 11) is 1.94. The van der Waals surface area contributed by atoms with Gasteiger partial charge in [0.2, 0.25) is 5.91 Å². The van der Waals surface area contributed by atoms with Gasteiger partial charge in [-0.15, -0.1) is 0 Å². The van der Waals surface area contributed by atoms with Crippen LogP contribution < -0.4 is 11.2 Å². The number of hydrogen-bond acceptors (Lipinski definition) is 5. The number of likely N-dealkylation sites (tertiary alicyclic amines) is 1.